The molecular formula is C15H13N3O2S2. The van der Waals surface area contributed by atoms with Crippen molar-refractivity contribution in [3.8, 4) is 5.75 Å². The molecule has 0 radical (unpaired) electrons. The second-order valence-corrected chi connectivity index (χ2v) is 6.34. The second kappa shape index (κ2) is 6.67. The lowest BCUT2D eigenvalue weighted by atomic mass is 10.1. The molecule has 2 aromatic heterocycles. The van der Waals surface area contributed by atoms with Crippen LogP contribution >= 0.6 is 22.7 Å². The highest BCUT2D eigenvalue weighted by Gasteiger charge is 2.11. The fraction of sp³-hybridized carbons (Fsp3) is 0.133. The molecule has 0 saturated carbocycles. The molecule has 5 nitrogen and oxygen atoms in total. The Balaban J connectivity index is 1.67. The summed E-state index contributed by atoms with van der Waals surface area (Å²) in [5, 5.41) is 15.9. The Bertz CT molecular complexity index is 769. The molecule has 22 heavy (non-hydrogen) atoms. The topological polar surface area (TPSA) is 64.1 Å². The highest BCUT2D eigenvalue weighted by molar-refractivity contribution is 7.15. The van der Waals surface area contributed by atoms with E-state index in [1.54, 1.807) is 18.6 Å². The van der Waals surface area contributed by atoms with Crippen LogP contribution in [0.4, 0.5) is 5.13 Å². The minimum atomic E-state index is -0.162. The van der Waals surface area contributed by atoms with Crippen molar-refractivity contribution in [1.29, 1.82) is 0 Å². The predicted octanol–water partition coefficient (Wildman–Crippen LogP) is 3.45. The molecule has 3 rings (SSSR count). The Labute approximate surface area is 135 Å². The molecule has 0 bridgehead atoms. The zero-order chi connectivity index (χ0) is 15.4. The maximum absolute atomic E-state index is 11.9. The van der Waals surface area contributed by atoms with Crippen LogP contribution in [0.2, 0.25) is 0 Å². The van der Waals surface area contributed by atoms with E-state index in [0.29, 0.717) is 17.1 Å². The normalized spacial score (nSPS) is 10.4. The SMILES string of the molecule is COc1cccc(Cc2nnc(NC(=O)c3ccsc3)s2)c1. The molecule has 2 heterocycles. The van der Waals surface area contributed by atoms with E-state index in [2.05, 4.69) is 15.5 Å². The molecule has 0 aliphatic heterocycles. The first kappa shape index (κ1) is 14.7. The number of carbonyl (C=O) groups excluding carboxylic acids is 1. The zero-order valence-electron chi connectivity index (χ0n) is 11.8. The molecule has 0 aliphatic rings. The summed E-state index contributed by atoms with van der Waals surface area (Å²) in [6.07, 6.45) is 0.656. The Morgan fingerprint density at radius 1 is 1.32 bits per heavy atom. The van der Waals surface area contributed by atoms with Crippen LogP contribution in [0, 0.1) is 0 Å². The lowest BCUT2D eigenvalue weighted by Gasteiger charge is -2.01. The van der Waals surface area contributed by atoms with Gasteiger partial charge in [0.15, 0.2) is 0 Å². The number of carbonyl (C=O) groups is 1. The van der Waals surface area contributed by atoms with Crippen molar-refractivity contribution in [2.24, 2.45) is 0 Å². The van der Waals surface area contributed by atoms with Gasteiger partial charge in [0.05, 0.1) is 12.7 Å². The van der Waals surface area contributed by atoms with Crippen LogP contribution < -0.4 is 10.1 Å². The molecule has 0 fully saturated rings. The van der Waals surface area contributed by atoms with Crippen molar-refractivity contribution in [2.75, 3.05) is 12.4 Å². The largest absolute Gasteiger partial charge is 0.497 e. The van der Waals surface area contributed by atoms with E-state index in [1.807, 2.05) is 29.6 Å². The number of amides is 1. The fourth-order valence-electron chi connectivity index (χ4n) is 1.90. The van der Waals surface area contributed by atoms with E-state index in [1.165, 1.54) is 22.7 Å². The maximum atomic E-state index is 11.9. The number of methoxy groups -OCH3 is 1. The van der Waals surface area contributed by atoms with Crippen LogP contribution in [0.25, 0.3) is 0 Å². The summed E-state index contributed by atoms with van der Waals surface area (Å²) in [6, 6.07) is 9.58. The lowest BCUT2D eigenvalue weighted by molar-refractivity contribution is 0.102. The van der Waals surface area contributed by atoms with Gasteiger partial charge in [-0.05, 0) is 29.1 Å². The van der Waals surface area contributed by atoms with Crippen molar-refractivity contribution in [3.63, 3.8) is 0 Å². The van der Waals surface area contributed by atoms with Gasteiger partial charge in [-0.1, -0.05) is 23.5 Å². The summed E-state index contributed by atoms with van der Waals surface area (Å²) in [5.74, 6) is 0.651. The molecule has 0 saturated heterocycles. The predicted molar refractivity (Wildman–Crippen MR) is 88.0 cm³/mol. The molecule has 0 aliphatic carbocycles. The number of nitrogens with one attached hydrogen (secondary N) is 1. The van der Waals surface area contributed by atoms with Gasteiger partial charge in [0.1, 0.15) is 10.8 Å². The summed E-state index contributed by atoms with van der Waals surface area (Å²) in [6.45, 7) is 0. The highest BCUT2D eigenvalue weighted by atomic mass is 32.1. The van der Waals surface area contributed by atoms with Crippen LogP contribution in [0.5, 0.6) is 5.75 Å². The fourth-order valence-corrected chi connectivity index (χ4v) is 3.30. The average Bonchev–Trinajstić information content (AvgIpc) is 3.19. The van der Waals surface area contributed by atoms with Gasteiger partial charge in [-0.3, -0.25) is 10.1 Å². The summed E-state index contributed by atoms with van der Waals surface area (Å²) >= 11 is 2.86. The maximum Gasteiger partial charge on any atom is 0.258 e. The quantitative estimate of drug-likeness (QED) is 0.778. The second-order valence-electron chi connectivity index (χ2n) is 4.50. The van der Waals surface area contributed by atoms with Gasteiger partial charge in [0.2, 0.25) is 5.13 Å². The van der Waals surface area contributed by atoms with Crippen LogP contribution in [0.1, 0.15) is 20.9 Å². The van der Waals surface area contributed by atoms with Crippen molar-refractivity contribution in [3.05, 3.63) is 57.2 Å². The van der Waals surface area contributed by atoms with Crippen LogP contribution in [0.15, 0.2) is 41.1 Å². The summed E-state index contributed by atoms with van der Waals surface area (Å²) in [4.78, 5) is 11.9. The van der Waals surface area contributed by atoms with E-state index in [9.17, 15) is 4.79 Å². The first-order chi connectivity index (χ1) is 10.7. The number of thiophene rings is 1. The number of benzene rings is 1. The number of ether oxygens (including phenoxy) is 1. The summed E-state index contributed by atoms with van der Waals surface area (Å²) in [7, 11) is 1.64. The van der Waals surface area contributed by atoms with Gasteiger partial charge in [-0.25, -0.2) is 0 Å². The Hall–Kier alpha value is -2.25. The number of rotatable bonds is 5. The number of nitrogens with zero attached hydrogens (tertiary/aromatic N) is 2. The molecule has 7 heteroatoms. The molecular weight excluding hydrogens is 318 g/mol. The van der Waals surface area contributed by atoms with E-state index in [-0.39, 0.29) is 5.91 Å². The van der Waals surface area contributed by atoms with Crippen molar-refractivity contribution in [1.82, 2.24) is 10.2 Å². The van der Waals surface area contributed by atoms with E-state index < -0.39 is 0 Å². The summed E-state index contributed by atoms with van der Waals surface area (Å²) < 4.78 is 5.20. The van der Waals surface area contributed by atoms with Gasteiger partial charge in [-0.15, -0.1) is 10.2 Å². The minimum absolute atomic E-state index is 0.162. The van der Waals surface area contributed by atoms with Crippen molar-refractivity contribution >= 4 is 33.7 Å². The number of hydrogen-bond acceptors (Lipinski definition) is 6. The van der Waals surface area contributed by atoms with Gasteiger partial charge in [0.25, 0.3) is 5.91 Å². The van der Waals surface area contributed by atoms with Gasteiger partial charge >= 0.3 is 0 Å². The molecule has 0 unspecified atom stereocenters. The van der Waals surface area contributed by atoms with Gasteiger partial charge in [-0.2, -0.15) is 11.3 Å². The van der Waals surface area contributed by atoms with Crippen LogP contribution in [0.3, 0.4) is 0 Å². The zero-order valence-corrected chi connectivity index (χ0v) is 13.4. The monoisotopic (exact) mass is 331 g/mol. The molecule has 1 aromatic carbocycles. The standard InChI is InChI=1S/C15H13N3O2S2/c1-20-12-4-2-3-10(7-12)8-13-17-18-15(22-13)16-14(19)11-5-6-21-9-11/h2-7,9H,8H2,1H3,(H,16,18,19). The molecule has 1 amide bonds. The lowest BCUT2D eigenvalue weighted by Crippen LogP contribution is -2.10. The minimum Gasteiger partial charge on any atom is -0.497 e. The Morgan fingerprint density at radius 2 is 2.23 bits per heavy atom. The molecule has 0 spiro atoms. The molecule has 3 aromatic rings. The summed E-state index contributed by atoms with van der Waals surface area (Å²) in [5.41, 5.74) is 1.72. The van der Waals surface area contributed by atoms with Crippen LogP contribution in [-0.2, 0) is 6.42 Å². The third-order valence-corrected chi connectivity index (χ3v) is 4.48. The van der Waals surface area contributed by atoms with E-state index >= 15 is 0 Å². The molecule has 112 valence electrons. The first-order valence-corrected chi connectivity index (χ1v) is 8.29. The molecule has 1 N–H and O–H groups in total. The smallest absolute Gasteiger partial charge is 0.258 e. The van der Waals surface area contributed by atoms with Gasteiger partial charge < -0.3 is 4.74 Å². The highest BCUT2D eigenvalue weighted by Crippen LogP contribution is 2.21. The average molecular weight is 331 g/mol. The molecule has 0 atom stereocenters. The number of aromatic nitrogens is 2. The first-order valence-electron chi connectivity index (χ1n) is 6.53. The van der Waals surface area contributed by atoms with Crippen molar-refractivity contribution in [2.45, 2.75) is 6.42 Å². The number of anilines is 1. The third kappa shape index (κ3) is 3.49. The Kier molecular flexibility index (Phi) is 4.45. The van der Waals surface area contributed by atoms with Gasteiger partial charge in [0, 0.05) is 11.8 Å². The van der Waals surface area contributed by atoms with E-state index in [0.717, 1.165) is 16.3 Å². The Morgan fingerprint density at radius 3 is 3.00 bits per heavy atom. The van der Waals surface area contributed by atoms with E-state index in [4.69, 9.17) is 4.74 Å². The number of hydrogen-bond donors (Lipinski definition) is 1. The van der Waals surface area contributed by atoms with Crippen LogP contribution in [-0.4, -0.2) is 23.2 Å². The third-order valence-electron chi connectivity index (χ3n) is 2.96. The van der Waals surface area contributed by atoms with Crippen molar-refractivity contribution < 1.29 is 9.53 Å².